The second-order valence-corrected chi connectivity index (χ2v) is 4.50. The van der Waals surface area contributed by atoms with Gasteiger partial charge >= 0.3 is 6.18 Å². The molecule has 0 saturated heterocycles. The Morgan fingerprint density at radius 1 is 1.29 bits per heavy atom. The first-order valence-electron chi connectivity index (χ1n) is 6.00. The molecule has 0 saturated carbocycles. The summed E-state index contributed by atoms with van der Waals surface area (Å²) in [7, 11) is 1.34. The summed E-state index contributed by atoms with van der Waals surface area (Å²) in [5.74, 6) is 0.170. The lowest BCUT2D eigenvalue weighted by Crippen LogP contribution is -2.09. The van der Waals surface area contributed by atoms with Crippen LogP contribution in [0.1, 0.15) is 16.1 Å². The van der Waals surface area contributed by atoms with Crippen LogP contribution < -0.4 is 0 Å². The highest BCUT2D eigenvalue weighted by molar-refractivity contribution is 5.90. The van der Waals surface area contributed by atoms with Gasteiger partial charge in [0, 0.05) is 12.4 Å². The van der Waals surface area contributed by atoms with Gasteiger partial charge in [0.05, 0.1) is 5.56 Å². The number of aromatic nitrogens is 2. The zero-order chi connectivity index (χ0) is 15.2. The Morgan fingerprint density at radius 3 is 2.62 bits per heavy atom. The number of fused-ring (bicyclic) bond motifs is 1. The highest BCUT2D eigenvalue weighted by Gasteiger charge is 2.39. The van der Waals surface area contributed by atoms with Crippen LogP contribution in [0.2, 0.25) is 0 Å². The molecule has 0 aliphatic heterocycles. The normalized spacial score (nSPS) is 12.0. The number of furan rings is 1. The average Bonchev–Trinajstić information content (AvgIpc) is 2.97. The Morgan fingerprint density at radius 2 is 2.00 bits per heavy atom. The molecule has 0 N–H and O–H groups in total. The first-order chi connectivity index (χ1) is 9.91. The van der Waals surface area contributed by atoms with E-state index in [0.717, 1.165) is 10.1 Å². The van der Waals surface area contributed by atoms with Gasteiger partial charge in [-0.25, -0.2) is 0 Å². The fraction of sp³-hybridized carbons (Fsp3) is 0.143. The van der Waals surface area contributed by atoms with Gasteiger partial charge in [-0.1, -0.05) is 18.2 Å². The third-order valence-corrected chi connectivity index (χ3v) is 3.13. The number of aryl methyl sites for hydroxylation is 1. The molecule has 3 aromatic rings. The minimum Gasteiger partial charge on any atom is -0.454 e. The molecule has 0 aliphatic carbocycles. The van der Waals surface area contributed by atoms with Gasteiger partial charge in [-0.05, 0) is 12.1 Å². The molecule has 2 heterocycles. The summed E-state index contributed by atoms with van der Waals surface area (Å²) < 4.78 is 45.2. The fourth-order valence-corrected chi connectivity index (χ4v) is 2.25. The second-order valence-electron chi connectivity index (χ2n) is 4.50. The molecule has 0 spiro atoms. The standard InChI is InChI=1S/C14H9F3N2O2/c1-19-12(9(7-20)13(18-19)14(15,16)17)11-6-8-4-2-3-5-10(8)21-11/h2-7H,1H3. The molecule has 4 nitrogen and oxygen atoms in total. The van der Waals surface area contributed by atoms with Crippen LogP contribution in [0.4, 0.5) is 13.2 Å². The van der Waals surface area contributed by atoms with E-state index in [0.29, 0.717) is 5.58 Å². The molecule has 3 rings (SSSR count). The van der Waals surface area contributed by atoms with E-state index in [1.807, 2.05) is 0 Å². The maximum absolute atomic E-state index is 12.9. The summed E-state index contributed by atoms with van der Waals surface area (Å²) >= 11 is 0. The molecule has 0 unspecified atom stereocenters. The van der Waals surface area contributed by atoms with E-state index in [9.17, 15) is 18.0 Å². The van der Waals surface area contributed by atoms with Crippen molar-refractivity contribution in [2.24, 2.45) is 7.05 Å². The molecule has 21 heavy (non-hydrogen) atoms. The number of nitrogens with zero attached hydrogens (tertiary/aromatic N) is 2. The monoisotopic (exact) mass is 294 g/mol. The van der Waals surface area contributed by atoms with E-state index in [1.165, 1.54) is 7.05 Å². The van der Waals surface area contributed by atoms with Gasteiger partial charge in [-0.3, -0.25) is 9.48 Å². The number of aldehydes is 1. The average molecular weight is 294 g/mol. The predicted molar refractivity (Wildman–Crippen MR) is 68.8 cm³/mol. The van der Waals surface area contributed by atoms with Crippen molar-refractivity contribution in [1.82, 2.24) is 9.78 Å². The molecule has 2 aromatic heterocycles. The molecule has 0 atom stereocenters. The van der Waals surface area contributed by atoms with Crippen molar-refractivity contribution in [3.63, 3.8) is 0 Å². The largest absolute Gasteiger partial charge is 0.454 e. The van der Waals surface area contributed by atoms with Gasteiger partial charge in [0.15, 0.2) is 17.7 Å². The van der Waals surface area contributed by atoms with E-state index in [1.54, 1.807) is 30.3 Å². The van der Waals surface area contributed by atoms with Gasteiger partial charge in [-0.2, -0.15) is 18.3 Å². The Hall–Kier alpha value is -2.57. The smallest absolute Gasteiger partial charge is 0.435 e. The summed E-state index contributed by atoms with van der Waals surface area (Å²) in [5.41, 5.74) is -1.20. The van der Waals surface area contributed by atoms with Crippen LogP contribution in [0.25, 0.3) is 22.4 Å². The van der Waals surface area contributed by atoms with Gasteiger partial charge < -0.3 is 4.42 Å². The summed E-state index contributed by atoms with van der Waals surface area (Å²) in [6, 6.07) is 8.58. The zero-order valence-electron chi connectivity index (χ0n) is 10.8. The minimum atomic E-state index is -4.70. The number of carbonyl (C=O) groups is 1. The summed E-state index contributed by atoms with van der Waals surface area (Å²) in [4.78, 5) is 11.1. The summed E-state index contributed by atoms with van der Waals surface area (Å²) in [6.45, 7) is 0. The maximum atomic E-state index is 12.9. The number of carbonyl (C=O) groups excluding carboxylic acids is 1. The molecule has 108 valence electrons. The van der Waals surface area contributed by atoms with E-state index in [-0.39, 0.29) is 17.7 Å². The van der Waals surface area contributed by atoms with Gasteiger partial charge in [0.1, 0.15) is 11.3 Å². The third-order valence-electron chi connectivity index (χ3n) is 3.13. The first-order valence-corrected chi connectivity index (χ1v) is 6.00. The summed E-state index contributed by atoms with van der Waals surface area (Å²) in [6.07, 6.45) is -4.55. The van der Waals surface area contributed by atoms with E-state index < -0.39 is 17.4 Å². The minimum absolute atomic E-state index is 0.00789. The van der Waals surface area contributed by atoms with Crippen LogP contribution in [0, 0.1) is 0 Å². The van der Waals surface area contributed by atoms with Crippen molar-refractivity contribution < 1.29 is 22.4 Å². The topological polar surface area (TPSA) is 48.0 Å². The van der Waals surface area contributed by atoms with Gasteiger partial charge in [-0.15, -0.1) is 0 Å². The fourth-order valence-electron chi connectivity index (χ4n) is 2.25. The molecule has 1 aromatic carbocycles. The molecule has 0 aliphatic rings. The molecule has 0 amide bonds. The number of halogens is 3. The molecule has 0 radical (unpaired) electrons. The van der Waals surface area contributed by atoms with Crippen LogP contribution >= 0.6 is 0 Å². The predicted octanol–water partition coefficient (Wildman–Crippen LogP) is 3.66. The number of hydrogen-bond donors (Lipinski definition) is 0. The Balaban J connectivity index is 2.27. The maximum Gasteiger partial charge on any atom is 0.435 e. The van der Waals surface area contributed by atoms with Crippen molar-refractivity contribution in [3.05, 3.63) is 41.6 Å². The van der Waals surface area contributed by atoms with Crippen LogP contribution in [0.3, 0.4) is 0 Å². The van der Waals surface area contributed by atoms with E-state index in [4.69, 9.17) is 4.42 Å². The summed E-state index contributed by atoms with van der Waals surface area (Å²) in [5, 5.41) is 4.13. The molecule has 7 heteroatoms. The number of benzene rings is 1. The molecule has 0 fully saturated rings. The molecular weight excluding hydrogens is 285 g/mol. The Kier molecular flexibility index (Phi) is 2.86. The molecule has 0 bridgehead atoms. The van der Waals surface area contributed by atoms with E-state index >= 15 is 0 Å². The number of alkyl halides is 3. The van der Waals surface area contributed by atoms with Crippen LogP contribution in [0.5, 0.6) is 0 Å². The van der Waals surface area contributed by atoms with Crippen molar-refractivity contribution >= 4 is 17.3 Å². The van der Waals surface area contributed by atoms with Crippen molar-refractivity contribution in [2.45, 2.75) is 6.18 Å². The van der Waals surface area contributed by atoms with E-state index in [2.05, 4.69) is 5.10 Å². The van der Waals surface area contributed by atoms with Crippen LogP contribution in [-0.2, 0) is 13.2 Å². The van der Waals surface area contributed by atoms with Crippen molar-refractivity contribution in [1.29, 1.82) is 0 Å². The first kappa shape index (κ1) is 13.4. The quantitative estimate of drug-likeness (QED) is 0.678. The lowest BCUT2D eigenvalue weighted by Gasteiger charge is -2.01. The van der Waals surface area contributed by atoms with Crippen LogP contribution in [-0.4, -0.2) is 16.1 Å². The third kappa shape index (κ3) is 2.10. The Labute approximate surface area is 116 Å². The number of hydrogen-bond acceptors (Lipinski definition) is 3. The van der Waals surface area contributed by atoms with Crippen molar-refractivity contribution in [2.75, 3.05) is 0 Å². The molecular formula is C14H9F3N2O2. The van der Waals surface area contributed by atoms with Crippen LogP contribution in [0.15, 0.2) is 34.7 Å². The highest BCUT2D eigenvalue weighted by atomic mass is 19.4. The number of rotatable bonds is 2. The SMILES string of the molecule is Cn1nc(C(F)(F)F)c(C=O)c1-c1cc2ccccc2o1. The van der Waals surface area contributed by atoms with Gasteiger partial charge in [0.25, 0.3) is 0 Å². The second kappa shape index (κ2) is 4.47. The Bertz CT molecular complexity index is 797. The lowest BCUT2D eigenvalue weighted by atomic mass is 10.1. The number of para-hydroxylation sites is 1. The highest BCUT2D eigenvalue weighted by Crippen LogP contribution is 2.36. The zero-order valence-corrected chi connectivity index (χ0v) is 10.8. The lowest BCUT2D eigenvalue weighted by molar-refractivity contribution is -0.141. The van der Waals surface area contributed by atoms with Gasteiger partial charge in [0.2, 0.25) is 0 Å². The van der Waals surface area contributed by atoms with Crippen molar-refractivity contribution in [3.8, 4) is 11.5 Å².